The number of carbonyl (C=O) groups excluding carboxylic acids is 1. The second-order valence-electron chi connectivity index (χ2n) is 9.41. The standard InChI is InChI=1S/2C15H23NO2/c1-3-5-8-12(4-2)11-18-15(17)13-9-6-7-10-14(13)16;1-3-5-7-11(4-2)10-12-8-6-9-13(14(12)16)15(17)18/h6-7,9-10,12H,3-5,8,11,16H2,1-2H3;6,8-9,11H,3-5,7,10,16H2,1-2H3,(H,17,18). The van der Waals surface area contributed by atoms with Crippen LogP contribution in [0.5, 0.6) is 0 Å². The molecule has 0 aromatic heterocycles. The number of ether oxygens (including phenoxy) is 1. The summed E-state index contributed by atoms with van der Waals surface area (Å²) in [5.74, 6) is -0.214. The van der Waals surface area contributed by atoms with E-state index < -0.39 is 5.97 Å². The van der Waals surface area contributed by atoms with Crippen LogP contribution in [0.4, 0.5) is 11.4 Å². The second-order valence-corrected chi connectivity index (χ2v) is 9.41. The van der Waals surface area contributed by atoms with Gasteiger partial charge in [-0.05, 0) is 48.4 Å². The number of aromatic carboxylic acids is 1. The molecule has 2 rings (SSSR count). The van der Waals surface area contributed by atoms with E-state index in [1.807, 2.05) is 12.1 Å². The first-order chi connectivity index (χ1) is 17.3. The SMILES string of the molecule is CCCCC(CC)COC(=O)c1ccccc1N.CCCCC(CC)Cc1cccc(C(=O)O)c1N. The van der Waals surface area contributed by atoms with Crippen LogP contribution in [0.1, 0.15) is 105 Å². The Balaban J connectivity index is 0.000000360. The van der Waals surface area contributed by atoms with E-state index in [-0.39, 0.29) is 11.5 Å². The van der Waals surface area contributed by atoms with Crippen LogP contribution in [0.2, 0.25) is 0 Å². The van der Waals surface area contributed by atoms with Gasteiger partial charge >= 0.3 is 11.9 Å². The highest BCUT2D eigenvalue weighted by atomic mass is 16.5. The Kier molecular flexibility index (Phi) is 15.0. The fraction of sp³-hybridized carbons (Fsp3) is 0.533. The number of carboxylic acid groups (broad SMARTS) is 1. The topological polar surface area (TPSA) is 116 Å². The molecule has 2 aromatic carbocycles. The van der Waals surface area contributed by atoms with Crippen molar-refractivity contribution in [3.8, 4) is 0 Å². The number of para-hydroxylation sites is 2. The van der Waals surface area contributed by atoms with Gasteiger partial charge in [0.1, 0.15) is 0 Å². The summed E-state index contributed by atoms with van der Waals surface area (Å²) in [6, 6.07) is 12.3. The molecule has 0 spiro atoms. The number of nitrogen functional groups attached to an aromatic ring is 2. The molecule has 36 heavy (non-hydrogen) atoms. The zero-order valence-corrected chi connectivity index (χ0v) is 22.6. The number of esters is 1. The summed E-state index contributed by atoms with van der Waals surface area (Å²) >= 11 is 0. The fourth-order valence-corrected chi connectivity index (χ4v) is 4.08. The summed E-state index contributed by atoms with van der Waals surface area (Å²) in [7, 11) is 0. The molecule has 0 saturated heterocycles. The lowest BCUT2D eigenvalue weighted by Crippen LogP contribution is -2.15. The van der Waals surface area contributed by atoms with Gasteiger partial charge < -0.3 is 21.3 Å². The van der Waals surface area contributed by atoms with E-state index in [9.17, 15) is 9.59 Å². The van der Waals surface area contributed by atoms with E-state index in [1.165, 1.54) is 32.1 Å². The van der Waals surface area contributed by atoms with E-state index in [1.54, 1.807) is 30.3 Å². The molecule has 5 N–H and O–H groups in total. The third-order valence-electron chi connectivity index (χ3n) is 6.65. The summed E-state index contributed by atoms with van der Waals surface area (Å²) in [4.78, 5) is 22.9. The van der Waals surface area contributed by atoms with Crippen molar-refractivity contribution in [3.05, 3.63) is 59.2 Å². The predicted octanol–water partition coefficient (Wildman–Crippen LogP) is 7.37. The van der Waals surface area contributed by atoms with Crippen LogP contribution >= 0.6 is 0 Å². The van der Waals surface area contributed by atoms with E-state index in [4.69, 9.17) is 21.3 Å². The Morgan fingerprint density at radius 2 is 1.42 bits per heavy atom. The largest absolute Gasteiger partial charge is 0.478 e. The normalized spacial score (nSPS) is 12.2. The average molecular weight is 499 g/mol. The number of unbranched alkanes of at least 4 members (excludes halogenated alkanes) is 2. The monoisotopic (exact) mass is 498 g/mol. The minimum atomic E-state index is -0.948. The Morgan fingerprint density at radius 1 is 0.833 bits per heavy atom. The predicted molar refractivity (Wildman–Crippen MR) is 149 cm³/mol. The molecule has 0 radical (unpaired) electrons. The molecule has 0 saturated carbocycles. The third kappa shape index (κ3) is 10.7. The van der Waals surface area contributed by atoms with Crippen LogP contribution in [-0.4, -0.2) is 23.7 Å². The molecule has 0 aliphatic carbocycles. The van der Waals surface area contributed by atoms with Crippen molar-refractivity contribution in [2.75, 3.05) is 18.1 Å². The summed E-state index contributed by atoms with van der Waals surface area (Å²) in [5, 5.41) is 9.04. The highest BCUT2D eigenvalue weighted by Gasteiger charge is 2.15. The number of hydrogen-bond donors (Lipinski definition) is 3. The van der Waals surface area contributed by atoms with Gasteiger partial charge in [-0.1, -0.05) is 96.9 Å². The third-order valence-corrected chi connectivity index (χ3v) is 6.65. The minimum Gasteiger partial charge on any atom is -0.478 e. The number of anilines is 2. The number of nitrogens with two attached hydrogens (primary N) is 2. The van der Waals surface area contributed by atoms with Crippen molar-refractivity contribution >= 4 is 23.3 Å². The Hall–Kier alpha value is -3.02. The van der Waals surface area contributed by atoms with Crippen LogP contribution in [0, 0.1) is 11.8 Å². The zero-order chi connectivity index (χ0) is 26.9. The quantitative estimate of drug-likeness (QED) is 0.185. The van der Waals surface area contributed by atoms with Gasteiger partial charge in [0.25, 0.3) is 0 Å². The van der Waals surface area contributed by atoms with Gasteiger partial charge in [-0.3, -0.25) is 0 Å². The molecule has 2 unspecified atom stereocenters. The number of rotatable bonds is 14. The van der Waals surface area contributed by atoms with Crippen molar-refractivity contribution in [1.29, 1.82) is 0 Å². The van der Waals surface area contributed by atoms with Crippen molar-refractivity contribution in [1.82, 2.24) is 0 Å². The Morgan fingerprint density at radius 3 is 1.97 bits per heavy atom. The summed E-state index contributed by atoms with van der Waals surface area (Å²) < 4.78 is 5.34. The van der Waals surface area contributed by atoms with Crippen molar-refractivity contribution in [2.45, 2.75) is 85.5 Å². The van der Waals surface area contributed by atoms with Gasteiger partial charge in [0.15, 0.2) is 0 Å². The Labute approximate surface area is 217 Å². The van der Waals surface area contributed by atoms with Gasteiger partial charge in [-0.15, -0.1) is 0 Å². The average Bonchev–Trinajstić information content (AvgIpc) is 2.88. The van der Waals surface area contributed by atoms with Crippen LogP contribution in [-0.2, 0) is 11.2 Å². The minimum absolute atomic E-state index is 0.220. The molecular weight excluding hydrogens is 452 g/mol. The molecule has 2 atom stereocenters. The molecule has 0 heterocycles. The summed E-state index contributed by atoms with van der Waals surface area (Å²) in [6.45, 7) is 9.15. The molecule has 0 amide bonds. The highest BCUT2D eigenvalue weighted by molar-refractivity contribution is 5.95. The lowest BCUT2D eigenvalue weighted by Gasteiger charge is -2.16. The van der Waals surface area contributed by atoms with E-state index in [2.05, 4.69) is 27.7 Å². The van der Waals surface area contributed by atoms with Crippen molar-refractivity contribution in [3.63, 3.8) is 0 Å². The molecular formula is C30H46N2O4. The molecule has 0 aliphatic heterocycles. The first-order valence-electron chi connectivity index (χ1n) is 13.4. The summed E-state index contributed by atoms with van der Waals surface area (Å²) in [6.07, 6.45) is 10.1. The number of hydrogen-bond acceptors (Lipinski definition) is 5. The molecule has 6 heteroatoms. The van der Waals surface area contributed by atoms with E-state index in [0.717, 1.165) is 31.2 Å². The van der Waals surface area contributed by atoms with Crippen LogP contribution in [0.15, 0.2) is 42.5 Å². The van der Waals surface area contributed by atoms with Crippen molar-refractivity contribution in [2.24, 2.45) is 11.8 Å². The zero-order valence-electron chi connectivity index (χ0n) is 22.6. The highest BCUT2D eigenvalue weighted by Crippen LogP contribution is 2.24. The maximum atomic E-state index is 11.9. The maximum Gasteiger partial charge on any atom is 0.340 e. The maximum absolute atomic E-state index is 11.9. The van der Waals surface area contributed by atoms with Gasteiger partial charge in [0.2, 0.25) is 0 Å². The number of carboxylic acids is 1. The fourth-order valence-electron chi connectivity index (χ4n) is 4.08. The molecule has 0 aliphatic rings. The van der Waals surface area contributed by atoms with Gasteiger partial charge in [0, 0.05) is 11.4 Å². The molecule has 2 aromatic rings. The first-order valence-corrected chi connectivity index (χ1v) is 13.4. The molecule has 0 bridgehead atoms. The van der Waals surface area contributed by atoms with Gasteiger partial charge in [-0.25, -0.2) is 9.59 Å². The van der Waals surface area contributed by atoms with Crippen LogP contribution < -0.4 is 11.5 Å². The van der Waals surface area contributed by atoms with Gasteiger partial charge in [0.05, 0.1) is 17.7 Å². The lowest BCUT2D eigenvalue weighted by molar-refractivity contribution is 0.0429. The molecule has 200 valence electrons. The molecule has 6 nitrogen and oxygen atoms in total. The van der Waals surface area contributed by atoms with Gasteiger partial charge in [-0.2, -0.15) is 0 Å². The smallest absolute Gasteiger partial charge is 0.340 e. The van der Waals surface area contributed by atoms with Crippen molar-refractivity contribution < 1.29 is 19.4 Å². The van der Waals surface area contributed by atoms with E-state index >= 15 is 0 Å². The Bertz CT molecular complexity index is 929. The number of carbonyl (C=O) groups is 2. The summed E-state index contributed by atoms with van der Waals surface area (Å²) in [5.41, 5.74) is 14.2. The second kappa shape index (κ2) is 17.4. The lowest BCUT2D eigenvalue weighted by atomic mass is 9.90. The van der Waals surface area contributed by atoms with Crippen LogP contribution in [0.25, 0.3) is 0 Å². The number of benzene rings is 2. The molecule has 0 fully saturated rings. The van der Waals surface area contributed by atoms with Crippen LogP contribution in [0.3, 0.4) is 0 Å². The van der Waals surface area contributed by atoms with E-state index in [0.29, 0.717) is 35.4 Å². The first kappa shape index (κ1) is 31.0.